The predicted octanol–water partition coefficient (Wildman–Crippen LogP) is 5.04. The molecule has 1 spiro atoms. The fourth-order valence-corrected chi connectivity index (χ4v) is 4.61. The molecule has 2 aliphatic rings. The number of aromatic nitrogens is 2. The van der Waals surface area contributed by atoms with Crippen LogP contribution in [0.5, 0.6) is 0 Å². The van der Waals surface area contributed by atoms with E-state index < -0.39 is 11.7 Å². The molecule has 1 amide bonds. The Kier molecular flexibility index (Phi) is 5.33. The third-order valence-corrected chi connectivity index (χ3v) is 6.78. The van der Waals surface area contributed by atoms with Crippen molar-refractivity contribution in [2.24, 2.45) is 5.41 Å². The highest BCUT2D eigenvalue weighted by atomic mass is 127. The standard InChI is InChI=1S/C21H21F3IN3O/c1-13-2-7-17(25)18(27-13)19(29)28-12-20(8-9-20)10-16(28)6-5-15-4-3-14(11-26-15)21(22,23)24/h2-4,7,11,16H,5-6,8-10,12H2,1H3/t16-/m1/s1. The van der Waals surface area contributed by atoms with Crippen LogP contribution in [0.3, 0.4) is 0 Å². The van der Waals surface area contributed by atoms with Crippen molar-refractivity contribution in [1.29, 1.82) is 0 Å². The highest BCUT2D eigenvalue weighted by molar-refractivity contribution is 14.1. The quantitative estimate of drug-likeness (QED) is 0.537. The van der Waals surface area contributed by atoms with E-state index in [0.29, 0.717) is 24.2 Å². The number of carbonyl (C=O) groups is 1. The van der Waals surface area contributed by atoms with Crippen molar-refractivity contribution in [1.82, 2.24) is 14.9 Å². The van der Waals surface area contributed by atoms with Gasteiger partial charge in [-0.3, -0.25) is 9.78 Å². The molecule has 154 valence electrons. The first kappa shape index (κ1) is 20.6. The first-order valence-corrected chi connectivity index (χ1v) is 10.7. The number of hydrogen-bond acceptors (Lipinski definition) is 3. The lowest BCUT2D eigenvalue weighted by molar-refractivity contribution is -0.137. The van der Waals surface area contributed by atoms with Crippen molar-refractivity contribution in [3.63, 3.8) is 0 Å². The van der Waals surface area contributed by atoms with E-state index in [1.807, 2.05) is 24.0 Å². The molecule has 2 fully saturated rings. The molecule has 8 heteroatoms. The number of carbonyl (C=O) groups excluding carboxylic acids is 1. The second-order valence-electron chi connectivity index (χ2n) is 8.15. The zero-order valence-electron chi connectivity index (χ0n) is 16.0. The summed E-state index contributed by atoms with van der Waals surface area (Å²) in [6, 6.07) is 6.36. The maximum Gasteiger partial charge on any atom is 0.417 e. The van der Waals surface area contributed by atoms with Gasteiger partial charge in [0.05, 0.1) is 5.56 Å². The van der Waals surface area contributed by atoms with Crippen LogP contribution in [-0.4, -0.2) is 33.4 Å². The molecule has 1 aliphatic carbocycles. The molecule has 4 rings (SSSR count). The Balaban J connectivity index is 1.48. The van der Waals surface area contributed by atoms with Crippen LogP contribution < -0.4 is 0 Å². The van der Waals surface area contributed by atoms with E-state index in [1.165, 1.54) is 6.07 Å². The summed E-state index contributed by atoms with van der Waals surface area (Å²) < 4.78 is 39.0. The Morgan fingerprint density at radius 2 is 2.03 bits per heavy atom. The molecule has 1 atom stereocenters. The Morgan fingerprint density at radius 1 is 1.28 bits per heavy atom. The summed E-state index contributed by atoms with van der Waals surface area (Å²) in [5.41, 5.74) is 1.39. The fourth-order valence-electron chi connectivity index (χ4n) is 4.08. The lowest BCUT2D eigenvalue weighted by Crippen LogP contribution is -2.37. The minimum absolute atomic E-state index is 0.0488. The number of hydrogen-bond donors (Lipinski definition) is 0. The molecule has 0 unspecified atom stereocenters. The third-order valence-electron chi connectivity index (χ3n) is 5.91. The van der Waals surface area contributed by atoms with E-state index in [4.69, 9.17) is 0 Å². The Morgan fingerprint density at radius 3 is 2.66 bits per heavy atom. The summed E-state index contributed by atoms with van der Waals surface area (Å²) in [6.07, 6.45) is 0.941. The number of amides is 1. The lowest BCUT2D eigenvalue weighted by Gasteiger charge is -2.25. The highest BCUT2D eigenvalue weighted by Crippen LogP contribution is 2.55. The van der Waals surface area contributed by atoms with Crippen LogP contribution in [0.2, 0.25) is 0 Å². The summed E-state index contributed by atoms with van der Waals surface area (Å²) in [6.45, 7) is 2.61. The fraction of sp³-hybridized carbons (Fsp3) is 0.476. The molecule has 0 radical (unpaired) electrons. The number of nitrogens with zero attached hydrogens (tertiary/aromatic N) is 3. The topological polar surface area (TPSA) is 46.1 Å². The van der Waals surface area contributed by atoms with E-state index in [2.05, 4.69) is 32.6 Å². The molecule has 2 aromatic rings. The van der Waals surface area contributed by atoms with Gasteiger partial charge < -0.3 is 4.90 Å². The number of rotatable bonds is 4. The molecule has 0 N–H and O–H groups in total. The number of pyridine rings is 2. The maximum absolute atomic E-state index is 13.2. The van der Waals surface area contributed by atoms with Crippen LogP contribution in [0.4, 0.5) is 13.2 Å². The zero-order chi connectivity index (χ0) is 20.8. The summed E-state index contributed by atoms with van der Waals surface area (Å²) in [4.78, 5) is 23.6. The van der Waals surface area contributed by atoms with Gasteiger partial charge >= 0.3 is 6.18 Å². The van der Waals surface area contributed by atoms with Gasteiger partial charge in [0.2, 0.25) is 0 Å². The number of aryl methyl sites for hydroxylation is 2. The molecule has 29 heavy (non-hydrogen) atoms. The number of alkyl halides is 3. The molecule has 3 heterocycles. The normalized spacial score (nSPS) is 20.3. The minimum Gasteiger partial charge on any atom is -0.334 e. The second-order valence-corrected chi connectivity index (χ2v) is 9.31. The van der Waals surface area contributed by atoms with Crippen molar-refractivity contribution in [2.45, 2.75) is 51.2 Å². The van der Waals surface area contributed by atoms with E-state index in [1.54, 1.807) is 0 Å². The molecule has 1 saturated carbocycles. The second kappa shape index (κ2) is 7.52. The Hall–Kier alpha value is -1.71. The molecule has 0 aromatic carbocycles. The van der Waals surface area contributed by atoms with E-state index in [0.717, 1.165) is 47.3 Å². The van der Waals surface area contributed by atoms with E-state index >= 15 is 0 Å². The van der Waals surface area contributed by atoms with Gasteiger partial charge in [0, 0.05) is 33.7 Å². The van der Waals surface area contributed by atoms with Gasteiger partial charge in [-0.15, -0.1) is 0 Å². The van der Waals surface area contributed by atoms with Gasteiger partial charge in [-0.2, -0.15) is 13.2 Å². The summed E-state index contributed by atoms with van der Waals surface area (Å²) in [5, 5.41) is 0. The largest absolute Gasteiger partial charge is 0.417 e. The van der Waals surface area contributed by atoms with Crippen molar-refractivity contribution in [3.05, 3.63) is 56.7 Å². The van der Waals surface area contributed by atoms with Gasteiger partial charge in [-0.25, -0.2) is 4.98 Å². The van der Waals surface area contributed by atoms with Crippen molar-refractivity contribution in [2.75, 3.05) is 6.54 Å². The van der Waals surface area contributed by atoms with Gasteiger partial charge in [0.15, 0.2) is 0 Å². The van der Waals surface area contributed by atoms with E-state index in [9.17, 15) is 18.0 Å². The average molecular weight is 515 g/mol. The SMILES string of the molecule is Cc1ccc(I)c(C(=O)N2CC3(CC3)C[C@H]2CCc2ccc(C(F)(F)F)cn2)n1. The van der Waals surface area contributed by atoms with E-state index in [-0.39, 0.29) is 17.4 Å². The number of likely N-dealkylation sites (tertiary alicyclic amines) is 1. The number of halogens is 4. The van der Waals surface area contributed by atoms with Crippen LogP contribution in [0, 0.1) is 15.9 Å². The summed E-state index contributed by atoms with van der Waals surface area (Å²) >= 11 is 2.14. The smallest absolute Gasteiger partial charge is 0.334 e. The molecule has 1 saturated heterocycles. The van der Waals surface area contributed by atoms with Crippen LogP contribution in [0.25, 0.3) is 0 Å². The monoisotopic (exact) mass is 515 g/mol. The molecule has 2 aromatic heterocycles. The summed E-state index contributed by atoms with van der Waals surface area (Å²) in [7, 11) is 0. The molecule has 1 aliphatic heterocycles. The third kappa shape index (κ3) is 4.41. The first-order valence-electron chi connectivity index (χ1n) is 9.63. The van der Waals surface area contributed by atoms with Crippen molar-refractivity contribution >= 4 is 28.5 Å². The molecule has 4 nitrogen and oxygen atoms in total. The van der Waals surface area contributed by atoms with Gasteiger partial charge in [0.25, 0.3) is 5.91 Å². The van der Waals surface area contributed by atoms with Crippen molar-refractivity contribution < 1.29 is 18.0 Å². The Bertz CT molecular complexity index is 926. The minimum atomic E-state index is -4.38. The Labute approximate surface area is 181 Å². The van der Waals surface area contributed by atoms with Gasteiger partial charge in [-0.1, -0.05) is 0 Å². The van der Waals surface area contributed by atoms with Crippen LogP contribution in [0.15, 0.2) is 30.5 Å². The average Bonchev–Trinajstić information content (AvgIpc) is 3.33. The highest BCUT2D eigenvalue weighted by Gasteiger charge is 2.53. The first-order chi connectivity index (χ1) is 13.7. The molecule has 0 bridgehead atoms. The lowest BCUT2D eigenvalue weighted by atomic mass is 9.99. The predicted molar refractivity (Wildman–Crippen MR) is 110 cm³/mol. The van der Waals surface area contributed by atoms with Crippen molar-refractivity contribution in [3.8, 4) is 0 Å². The summed E-state index contributed by atoms with van der Waals surface area (Å²) in [5.74, 6) is -0.0488. The van der Waals surface area contributed by atoms with Gasteiger partial charge in [0.1, 0.15) is 5.69 Å². The molecular weight excluding hydrogens is 494 g/mol. The van der Waals surface area contributed by atoms with Gasteiger partial charge in [-0.05, 0) is 91.3 Å². The zero-order valence-corrected chi connectivity index (χ0v) is 18.1. The molecular formula is C21H21F3IN3O. The maximum atomic E-state index is 13.2. The van der Waals surface area contributed by atoms with Crippen LogP contribution in [0.1, 0.15) is 53.1 Å². The van der Waals surface area contributed by atoms with Crippen LogP contribution in [-0.2, 0) is 12.6 Å². The van der Waals surface area contributed by atoms with Crippen LogP contribution >= 0.6 is 22.6 Å².